The molecule has 0 aliphatic carbocycles. The molecule has 94 valence electrons. The van der Waals surface area contributed by atoms with Gasteiger partial charge in [-0.2, -0.15) is 0 Å². The SMILES string of the molecule is CC(C)Sc1ccc(C(CN)C(=O)O)cc1Cl. The van der Waals surface area contributed by atoms with Gasteiger partial charge in [-0.3, -0.25) is 4.79 Å². The fourth-order valence-corrected chi connectivity index (χ4v) is 2.61. The molecule has 0 amide bonds. The monoisotopic (exact) mass is 273 g/mol. The van der Waals surface area contributed by atoms with Crippen molar-refractivity contribution in [3.05, 3.63) is 28.8 Å². The van der Waals surface area contributed by atoms with Crippen molar-refractivity contribution in [3.8, 4) is 0 Å². The van der Waals surface area contributed by atoms with E-state index < -0.39 is 11.9 Å². The van der Waals surface area contributed by atoms with Crippen molar-refractivity contribution in [1.82, 2.24) is 0 Å². The van der Waals surface area contributed by atoms with Gasteiger partial charge in [0.15, 0.2) is 0 Å². The Bertz CT molecular complexity index is 409. The summed E-state index contributed by atoms with van der Waals surface area (Å²) in [6.45, 7) is 4.23. The number of aliphatic carboxylic acids is 1. The zero-order valence-electron chi connectivity index (χ0n) is 9.81. The summed E-state index contributed by atoms with van der Waals surface area (Å²) < 4.78 is 0. The number of carbonyl (C=O) groups is 1. The van der Waals surface area contributed by atoms with Gasteiger partial charge in [-0.15, -0.1) is 11.8 Å². The van der Waals surface area contributed by atoms with E-state index >= 15 is 0 Å². The van der Waals surface area contributed by atoms with Crippen molar-refractivity contribution in [3.63, 3.8) is 0 Å². The Morgan fingerprint density at radius 2 is 2.18 bits per heavy atom. The van der Waals surface area contributed by atoms with Gasteiger partial charge in [0.2, 0.25) is 0 Å². The Morgan fingerprint density at radius 3 is 2.59 bits per heavy atom. The number of benzene rings is 1. The molecule has 0 saturated heterocycles. The van der Waals surface area contributed by atoms with Crippen LogP contribution in [0.2, 0.25) is 5.02 Å². The second kappa shape index (κ2) is 6.28. The highest BCUT2D eigenvalue weighted by molar-refractivity contribution is 8.00. The molecule has 5 heteroatoms. The van der Waals surface area contributed by atoms with Gasteiger partial charge in [-0.1, -0.05) is 31.5 Å². The lowest BCUT2D eigenvalue weighted by Gasteiger charge is -2.13. The largest absolute Gasteiger partial charge is 0.481 e. The number of hydrogen-bond acceptors (Lipinski definition) is 3. The maximum atomic E-state index is 11.0. The molecule has 3 nitrogen and oxygen atoms in total. The van der Waals surface area contributed by atoms with Crippen LogP contribution in [-0.4, -0.2) is 22.9 Å². The molecular weight excluding hydrogens is 258 g/mol. The molecule has 1 rings (SSSR count). The summed E-state index contributed by atoms with van der Waals surface area (Å²) in [5.41, 5.74) is 6.10. The maximum Gasteiger partial charge on any atom is 0.312 e. The highest BCUT2D eigenvalue weighted by atomic mass is 35.5. The van der Waals surface area contributed by atoms with Crippen LogP contribution in [0.4, 0.5) is 0 Å². The summed E-state index contributed by atoms with van der Waals surface area (Å²) in [5, 5.41) is 10.0. The van der Waals surface area contributed by atoms with Crippen molar-refractivity contribution >= 4 is 29.3 Å². The Morgan fingerprint density at radius 1 is 1.53 bits per heavy atom. The fourth-order valence-electron chi connectivity index (χ4n) is 1.46. The van der Waals surface area contributed by atoms with Crippen LogP contribution >= 0.6 is 23.4 Å². The van der Waals surface area contributed by atoms with E-state index in [9.17, 15) is 4.79 Å². The van der Waals surface area contributed by atoms with Crippen LogP contribution in [0.25, 0.3) is 0 Å². The molecule has 0 fully saturated rings. The van der Waals surface area contributed by atoms with Gasteiger partial charge in [0, 0.05) is 16.7 Å². The van der Waals surface area contributed by atoms with Crippen LogP contribution in [0.1, 0.15) is 25.3 Å². The number of hydrogen-bond donors (Lipinski definition) is 2. The van der Waals surface area contributed by atoms with Gasteiger partial charge < -0.3 is 10.8 Å². The molecule has 1 atom stereocenters. The van der Waals surface area contributed by atoms with Crippen molar-refractivity contribution in [2.75, 3.05) is 6.54 Å². The first-order chi connectivity index (χ1) is 7.95. The Kier molecular flexibility index (Phi) is 5.31. The van der Waals surface area contributed by atoms with Crippen LogP contribution in [0, 0.1) is 0 Å². The molecule has 0 spiro atoms. The number of nitrogens with two attached hydrogens (primary N) is 1. The lowest BCUT2D eigenvalue weighted by atomic mass is 10.00. The Hall–Kier alpha value is -0.710. The third kappa shape index (κ3) is 3.91. The topological polar surface area (TPSA) is 63.3 Å². The summed E-state index contributed by atoms with van der Waals surface area (Å²) in [7, 11) is 0. The number of rotatable bonds is 5. The van der Waals surface area contributed by atoms with E-state index in [1.54, 1.807) is 23.9 Å². The summed E-state index contributed by atoms with van der Waals surface area (Å²) in [4.78, 5) is 11.9. The summed E-state index contributed by atoms with van der Waals surface area (Å²) in [5.74, 6) is -1.61. The zero-order chi connectivity index (χ0) is 13.0. The smallest absolute Gasteiger partial charge is 0.312 e. The Labute approximate surface area is 110 Å². The minimum atomic E-state index is -0.923. The predicted octanol–water partition coefficient (Wildman–Crippen LogP) is 2.97. The normalized spacial score (nSPS) is 12.8. The minimum Gasteiger partial charge on any atom is -0.481 e. The first kappa shape index (κ1) is 14.4. The second-order valence-electron chi connectivity index (χ2n) is 3.98. The van der Waals surface area contributed by atoms with Gasteiger partial charge in [-0.25, -0.2) is 0 Å². The molecule has 1 unspecified atom stereocenters. The molecule has 3 N–H and O–H groups in total. The average Bonchev–Trinajstić information content (AvgIpc) is 2.22. The van der Waals surface area contributed by atoms with Gasteiger partial charge in [-0.05, 0) is 17.7 Å². The molecular formula is C12H16ClNO2S. The molecule has 1 aromatic rings. The molecule has 17 heavy (non-hydrogen) atoms. The van der Waals surface area contributed by atoms with Crippen LogP contribution in [0.5, 0.6) is 0 Å². The predicted molar refractivity (Wildman–Crippen MR) is 71.9 cm³/mol. The molecule has 0 radical (unpaired) electrons. The summed E-state index contributed by atoms with van der Waals surface area (Å²) in [6, 6.07) is 5.33. The quantitative estimate of drug-likeness (QED) is 0.810. The fraction of sp³-hybridized carbons (Fsp3) is 0.417. The lowest BCUT2D eigenvalue weighted by Crippen LogP contribution is -2.21. The van der Waals surface area contributed by atoms with Crippen LogP contribution < -0.4 is 5.73 Å². The van der Waals surface area contributed by atoms with Gasteiger partial charge in [0.05, 0.1) is 10.9 Å². The van der Waals surface area contributed by atoms with E-state index in [0.717, 1.165) is 4.90 Å². The highest BCUT2D eigenvalue weighted by Gasteiger charge is 2.19. The number of carboxylic acid groups (broad SMARTS) is 1. The average molecular weight is 274 g/mol. The third-order valence-electron chi connectivity index (χ3n) is 2.25. The summed E-state index contributed by atoms with van der Waals surface area (Å²) in [6.07, 6.45) is 0. The maximum absolute atomic E-state index is 11.0. The van der Waals surface area contributed by atoms with E-state index in [1.165, 1.54) is 0 Å². The third-order valence-corrected chi connectivity index (χ3v) is 3.76. The number of thioether (sulfide) groups is 1. The summed E-state index contributed by atoms with van der Waals surface area (Å²) >= 11 is 7.78. The second-order valence-corrected chi connectivity index (χ2v) is 6.01. The number of carboxylic acids is 1. The van der Waals surface area contributed by atoms with Crippen LogP contribution in [0.15, 0.2) is 23.1 Å². The van der Waals surface area contributed by atoms with Crippen molar-refractivity contribution in [2.24, 2.45) is 5.73 Å². The number of halogens is 1. The van der Waals surface area contributed by atoms with E-state index in [4.69, 9.17) is 22.4 Å². The zero-order valence-corrected chi connectivity index (χ0v) is 11.4. The highest BCUT2D eigenvalue weighted by Crippen LogP contribution is 2.32. The van der Waals surface area contributed by atoms with E-state index in [2.05, 4.69) is 13.8 Å². The molecule has 0 bridgehead atoms. The Balaban J connectivity index is 2.99. The molecule has 0 heterocycles. The van der Waals surface area contributed by atoms with E-state index in [1.807, 2.05) is 6.07 Å². The van der Waals surface area contributed by atoms with Crippen LogP contribution in [0.3, 0.4) is 0 Å². The van der Waals surface area contributed by atoms with Crippen molar-refractivity contribution in [2.45, 2.75) is 29.9 Å². The molecule has 0 saturated carbocycles. The first-order valence-electron chi connectivity index (χ1n) is 5.34. The first-order valence-corrected chi connectivity index (χ1v) is 6.60. The standard InChI is InChI=1S/C12H16ClNO2S/c1-7(2)17-11-4-3-8(5-10(11)13)9(6-14)12(15)16/h3-5,7,9H,6,14H2,1-2H3,(H,15,16). The van der Waals surface area contributed by atoms with Gasteiger partial charge >= 0.3 is 5.97 Å². The lowest BCUT2D eigenvalue weighted by molar-refractivity contribution is -0.138. The van der Waals surface area contributed by atoms with Gasteiger partial charge in [0.1, 0.15) is 0 Å². The molecule has 0 aliphatic heterocycles. The molecule has 0 aromatic heterocycles. The van der Waals surface area contributed by atoms with E-state index in [0.29, 0.717) is 15.8 Å². The van der Waals surface area contributed by atoms with Crippen molar-refractivity contribution in [1.29, 1.82) is 0 Å². The minimum absolute atomic E-state index is 0.0718. The van der Waals surface area contributed by atoms with E-state index in [-0.39, 0.29) is 6.54 Å². The van der Waals surface area contributed by atoms with Gasteiger partial charge in [0.25, 0.3) is 0 Å². The molecule has 0 aliphatic rings. The van der Waals surface area contributed by atoms with Crippen LogP contribution in [-0.2, 0) is 4.79 Å². The molecule has 1 aromatic carbocycles. The van der Waals surface area contributed by atoms with Crippen molar-refractivity contribution < 1.29 is 9.90 Å².